The largest absolute Gasteiger partial charge is 0.461 e. The first-order chi connectivity index (χ1) is 17.8. The van der Waals surface area contributed by atoms with Crippen LogP contribution in [0.3, 0.4) is 0 Å². The summed E-state index contributed by atoms with van der Waals surface area (Å²) in [5.41, 5.74) is 0.815. The highest BCUT2D eigenvalue weighted by Gasteiger charge is 2.71. The van der Waals surface area contributed by atoms with Crippen LogP contribution in [0.15, 0.2) is 11.1 Å². The second kappa shape index (κ2) is 9.33. The maximum atomic E-state index is 13.4. The number of cyclic esters (lactones) is 1. The summed E-state index contributed by atoms with van der Waals surface area (Å²) >= 11 is 0. The zero-order valence-electron chi connectivity index (χ0n) is 24.6. The number of aliphatic hydroxyl groups is 2. The van der Waals surface area contributed by atoms with E-state index in [-0.39, 0.29) is 29.1 Å². The molecule has 5 aliphatic rings. The van der Waals surface area contributed by atoms with Gasteiger partial charge < -0.3 is 19.7 Å². The van der Waals surface area contributed by atoms with Crippen LogP contribution in [0, 0.1) is 39.4 Å². The Hall–Kier alpha value is -1.40. The van der Waals surface area contributed by atoms with E-state index in [0.717, 1.165) is 12.8 Å². The number of carbonyl (C=O) groups is 2. The van der Waals surface area contributed by atoms with Crippen molar-refractivity contribution in [2.45, 2.75) is 137 Å². The quantitative estimate of drug-likeness (QED) is 0.441. The molecule has 5 rings (SSSR count). The lowest BCUT2D eigenvalue weighted by Crippen LogP contribution is -2.67. The van der Waals surface area contributed by atoms with Crippen LogP contribution in [-0.4, -0.2) is 46.6 Å². The number of rotatable bonds is 5. The van der Waals surface area contributed by atoms with Crippen molar-refractivity contribution in [3.63, 3.8) is 0 Å². The van der Waals surface area contributed by atoms with Crippen LogP contribution in [0.4, 0.5) is 0 Å². The van der Waals surface area contributed by atoms with E-state index in [0.29, 0.717) is 47.7 Å². The molecular formula is C32H50O6. The van der Waals surface area contributed by atoms with E-state index in [1.165, 1.54) is 25.7 Å². The number of hydrogen-bond donors (Lipinski definition) is 2. The third kappa shape index (κ3) is 3.78. The van der Waals surface area contributed by atoms with Gasteiger partial charge in [0.25, 0.3) is 0 Å². The predicted molar refractivity (Wildman–Crippen MR) is 145 cm³/mol. The molecule has 6 heteroatoms. The second-order valence-corrected chi connectivity index (χ2v) is 14.5. The van der Waals surface area contributed by atoms with Gasteiger partial charge in [0, 0.05) is 11.0 Å². The summed E-state index contributed by atoms with van der Waals surface area (Å²) in [6.07, 6.45) is 6.32. The maximum absolute atomic E-state index is 13.4. The number of hydrogen-bond acceptors (Lipinski definition) is 6. The van der Waals surface area contributed by atoms with Gasteiger partial charge in [0.2, 0.25) is 0 Å². The van der Waals surface area contributed by atoms with Gasteiger partial charge in [-0.25, -0.2) is 4.79 Å². The normalized spacial score (nSPS) is 48.8. The van der Waals surface area contributed by atoms with Gasteiger partial charge in [-0.15, -0.1) is 0 Å². The Morgan fingerprint density at radius 2 is 1.74 bits per heavy atom. The van der Waals surface area contributed by atoms with E-state index in [1.54, 1.807) is 0 Å². The zero-order valence-corrected chi connectivity index (χ0v) is 24.6. The van der Waals surface area contributed by atoms with Crippen LogP contribution in [-0.2, 0) is 19.1 Å². The van der Waals surface area contributed by atoms with Crippen LogP contribution in [0.1, 0.15) is 113 Å². The predicted octanol–water partition coefficient (Wildman–Crippen LogP) is 5.73. The Bertz CT molecular complexity index is 1020. The summed E-state index contributed by atoms with van der Waals surface area (Å²) in [6.45, 7) is 15.5. The molecule has 0 bridgehead atoms. The third-order valence-electron chi connectivity index (χ3n) is 12.8. The lowest BCUT2D eigenvalue weighted by Gasteiger charge is -2.70. The molecule has 0 radical (unpaired) electrons. The highest BCUT2D eigenvalue weighted by molar-refractivity contribution is 5.94. The maximum Gasteiger partial charge on any atom is 0.335 e. The molecule has 214 valence electrons. The van der Waals surface area contributed by atoms with Crippen LogP contribution in [0.2, 0.25) is 0 Å². The molecule has 1 aliphatic heterocycles. The molecule has 2 N–H and O–H groups in total. The highest BCUT2D eigenvalue weighted by atomic mass is 16.6. The van der Waals surface area contributed by atoms with Crippen molar-refractivity contribution >= 4 is 11.9 Å². The summed E-state index contributed by atoms with van der Waals surface area (Å²) in [5.74, 6) is 0.138. The Labute approximate surface area is 228 Å². The molecule has 6 nitrogen and oxygen atoms in total. The van der Waals surface area contributed by atoms with Crippen molar-refractivity contribution in [2.24, 2.45) is 39.4 Å². The Balaban J connectivity index is 1.63. The molecule has 4 aliphatic carbocycles. The monoisotopic (exact) mass is 530 g/mol. The van der Waals surface area contributed by atoms with Crippen LogP contribution < -0.4 is 0 Å². The van der Waals surface area contributed by atoms with E-state index >= 15 is 0 Å². The molecule has 0 aromatic carbocycles. The van der Waals surface area contributed by atoms with E-state index in [4.69, 9.17) is 9.47 Å². The molecule has 0 spiro atoms. The average Bonchev–Trinajstić information content (AvgIpc) is 3.16. The van der Waals surface area contributed by atoms with Gasteiger partial charge in [0.05, 0.1) is 24.2 Å². The number of carbonyl (C=O) groups excluding carboxylic acids is 2. The highest BCUT2D eigenvalue weighted by Crippen LogP contribution is 2.74. The fourth-order valence-corrected chi connectivity index (χ4v) is 10.7. The summed E-state index contributed by atoms with van der Waals surface area (Å²) in [6, 6.07) is 0. The van der Waals surface area contributed by atoms with E-state index in [9.17, 15) is 19.8 Å². The van der Waals surface area contributed by atoms with Crippen LogP contribution in [0.25, 0.3) is 0 Å². The van der Waals surface area contributed by atoms with Gasteiger partial charge in [-0.2, -0.15) is 0 Å². The van der Waals surface area contributed by atoms with Gasteiger partial charge in [0.1, 0.15) is 12.2 Å². The number of esters is 2. The van der Waals surface area contributed by atoms with Crippen molar-refractivity contribution in [3.05, 3.63) is 11.1 Å². The summed E-state index contributed by atoms with van der Waals surface area (Å²) < 4.78 is 12.0. The smallest absolute Gasteiger partial charge is 0.335 e. The fraction of sp³-hybridized carbons (Fsp3) is 0.875. The van der Waals surface area contributed by atoms with Crippen LogP contribution in [0.5, 0.6) is 0 Å². The van der Waals surface area contributed by atoms with Gasteiger partial charge in [-0.05, 0) is 85.9 Å². The van der Waals surface area contributed by atoms with Gasteiger partial charge in [0.15, 0.2) is 0 Å². The Morgan fingerprint density at radius 3 is 2.39 bits per heavy atom. The van der Waals surface area contributed by atoms with Crippen molar-refractivity contribution in [1.29, 1.82) is 0 Å². The van der Waals surface area contributed by atoms with Gasteiger partial charge in [-0.3, -0.25) is 4.79 Å². The van der Waals surface area contributed by atoms with Crippen molar-refractivity contribution in [2.75, 3.05) is 0 Å². The lowest BCUT2D eigenvalue weighted by atomic mass is 9.34. The summed E-state index contributed by atoms with van der Waals surface area (Å²) in [4.78, 5) is 26.6. The topological polar surface area (TPSA) is 93.1 Å². The van der Waals surface area contributed by atoms with Crippen molar-refractivity contribution < 1.29 is 29.3 Å². The third-order valence-corrected chi connectivity index (χ3v) is 12.8. The molecule has 0 unspecified atom stereocenters. The molecule has 1 heterocycles. The van der Waals surface area contributed by atoms with Crippen molar-refractivity contribution in [1.82, 2.24) is 0 Å². The van der Waals surface area contributed by atoms with Gasteiger partial charge in [-0.1, -0.05) is 54.4 Å². The second-order valence-electron chi connectivity index (χ2n) is 14.5. The first-order valence-corrected chi connectivity index (χ1v) is 15.3. The minimum absolute atomic E-state index is 0.0122. The van der Waals surface area contributed by atoms with E-state index < -0.39 is 35.8 Å². The van der Waals surface area contributed by atoms with E-state index in [1.807, 2.05) is 13.8 Å². The number of aliphatic hydroxyl groups excluding tert-OH is 2. The van der Waals surface area contributed by atoms with Gasteiger partial charge >= 0.3 is 11.9 Å². The first kappa shape index (κ1) is 28.1. The standard InChI is InChI=1S/C32H50O6/c1-8-19(33)15-25(35)38-24-17-22-30(5)13-10-12-29(4,9-2)21(30)11-14-31(22,6)23-16-20(34)26-18(3)37-28(36)27(26)32(23,24)7/h18-24,33-34H,8-17H2,1-7H3/t18-,19-,20+,21+,22+,23-,24+,29-,30-,31+,32+/m0/s1. The Kier molecular flexibility index (Phi) is 6.91. The summed E-state index contributed by atoms with van der Waals surface area (Å²) in [5, 5.41) is 21.6. The number of ether oxygens (including phenoxy) is 2. The summed E-state index contributed by atoms with van der Waals surface area (Å²) in [7, 11) is 0. The minimum atomic E-state index is -0.737. The minimum Gasteiger partial charge on any atom is -0.461 e. The van der Waals surface area contributed by atoms with E-state index in [2.05, 4.69) is 34.6 Å². The first-order valence-electron chi connectivity index (χ1n) is 15.3. The molecule has 3 saturated carbocycles. The molecule has 0 saturated heterocycles. The lowest BCUT2D eigenvalue weighted by molar-refractivity contribution is -0.232. The molecule has 38 heavy (non-hydrogen) atoms. The Morgan fingerprint density at radius 1 is 1.05 bits per heavy atom. The van der Waals surface area contributed by atoms with Crippen LogP contribution >= 0.6 is 0 Å². The molecule has 11 atom stereocenters. The molecule has 0 amide bonds. The molecular weight excluding hydrogens is 480 g/mol. The molecule has 0 aromatic rings. The average molecular weight is 531 g/mol. The zero-order chi connectivity index (χ0) is 27.8. The number of fused-ring (bicyclic) bond motifs is 6. The molecule has 3 fully saturated rings. The fourth-order valence-electron chi connectivity index (χ4n) is 10.7. The molecule has 0 aromatic heterocycles. The van der Waals surface area contributed by atoms with Crippen molar-refractivity contribution in [3.8, 4) is 0 Å². The SMILES string of the molecule is CC[C@H](O)CC(=O)O[C@@H]1C[C@@H]2[C@@]3(C)CCC[C@](C)(CC)[C@H]3CC[C@@]2(C)[C@@H]2C[C@@H](O)C3=C(C(=O)O[C@H]3C)[C@@]12C.